The Morgan fingerprint density at radius 3 is 1.73 bits per heavy atom. The maximum absolute atomic E-state index is 13.2. The molecule has 0 aromatic heterocycles. The first-order chi connectivity index (χ1) is 15.9. The lowest BCUT2D eigenvalue weighted by Gasteiger charge is -2.15. The highest BCUT2D eigenvalue weighted by Crippen LogP contribution is 2.39. The van der Waals surface area contributed by atoms with Gasteiger partial charge in [-0.1, -0.05) is 0 Å². The second-order valence-corrected chi connectivity index (χ2v) is 6.68. The predicted octanol–water partition coefficient (Wildman–Crippen LogP) is 3.86. The maximum Gasteiger partial charge on any atom is 0.274 e. The molecule has 0 aliphatic rings. The van der Waals surface area contributed by atoms with Crippen LogP contribution in [0, 0.1) is 0 Å². The first-order valence-electron chi connectivity index (χ1n) is 9.70. The Bertz CT molecular complexity index is 1130. The number of carbonyl (C=O) groups excluding carboxylic acids is 2. The van der Waals surface area contributed by atoms with E-state index in [-0.39, 0.29) is 11.3 Å². The fraction of sp³-hybridized carbons (Fsp3) is 0.167. The minimum atomic E-state index is -0.642. The first-order valence-corrected chi connectivity index (χ1v) is 9.70. The number of carbonyl (C=O) groups is 2. The zero-order valence-corrected chi connectivity index (χ0v) is 18.5. The molecule has 3 rings (SSSR count). The molecule has 3 aromatic rings. The highest BCUT2D eigenvalue weighted by atomic mass is 16.5. The lowest BCUT2D eigenvalue weighted by atomic mass is 10.0. The van der Waals surface area contributed by atoms with Crippen molar-refractivity contribution in [2.24, 2.45) is 0 Å². The number of benzene rings is 3. The molecular formula is C24H23NO8. The van der Waals surface area contributed by atoms with Crippen LogP contribution in [0.5, 0.6) is 34.5 Å². The Labute approximate surface area is 190 Å². The molecule has 0 aliphatic heterocycles. The molecule has 0 saturated carbocycles. The van der Waals surface area contributed by atoms with Crippen LogP contribution in [0.1, 0.15) is 26.3 Å². The van der Waals surface area contributed by atoms with Crippen molar-refractivity contribution in [3.63, 3.8) is 0 Å². The number of nitrogens with one attached hydrogen (secondary N) is 1. The summed E-state index contributed by atoms with van der Waals surface area (Å²) in [5, 5.41) is 8.73. The van der Waals surface area contributed by atoms with Gasteiger partial charge in [-0.2, -0.15) is 0 Å². The molecule has 0 bridgehead atoms. The van der Waals surface area contributed by atoms with Crippen LogP contribution in [0.3, 0.4) is 0 Å². The number of rotatable bonds is 9. The van der Waals surface area contributed by atoms with Gasteiger partial charge in [0.15, 0.2) is 28.8 Å². The van der Waals surface area contributed by atoms with Crippen LogP contribution in [-0.2, 0) is 0 Å². The normalized spacial score (nSPS) is 10.2. The fourth-order valence-corrected chi connectivity index (χ4v) is 3.14. The fourth-order valence-electron chi connectivity index (χ4n) is 3.14. The number of hydrogen-bond acceptors (Lipinski definition) is 8. The summed E-state index contributed by atoms with van der Waals surface area (Å²) in [6.07, 6.45) is 0. The summed E-state index contributed by atoms with van der Waals surface area (Å²) in [5.74, 6) is 1.28. The first kappa shape index (κ1) is 23.4. The van der Waals surface area contributed by atoms with Crippen LogP contribution in [-0.4, -0.2) is 45.3 Å². The third kappa shape index (κ3) is 4.99. The van der Waals surface area contributed by atoms with Crippen LogP contribution in [0.25, 0.3) is 0 Å². The van der Waals surface area contributed by atoms with Gasteiger partial charge in [0.2, 0.25) is 5.75 Å². The molecule has 9 heteroatoms. The van der Waals surface area contributed by atoms with E-state index >= 15 is 0 Å². The molecule has 9 nitrogen and oxygen atoms in total. The molecule has 2 N–H and O–H groups in total. The third-order valence-corrected chi connectivity index (χ3v) is 4.80. The summed E-state index contributed by atoms with van der Waals surface area (Å²) in [6, 6.07) is 14.0. The van der Waals surface area contributed by atoms with E-state index in [4.69, 9.17) is 28.9 Å². The van der Waals surface area contributed by atoms with Gasteiger partial charge in [0.05, 0.1) is 28.4 Å². The topological polar surface area (TPSA) is 113 Å². The molecule has 172 valence electrons. The van der Waals surface area contributed by atoms with Crippen LogP contribution in [0.4, 0.5) is 0 Å². The molecule has 0 heterocycles. The molecule has 0 unspecified atom stereocenters. The predicted molar refractivity (Wildman–Crippen MR) is 118 cm³/mol. The van der Waals surface area contributed by atoms with Crippen molar-refractivity contribution in [2.45, 2.75) is 0 Å². The molecular weight excluding hydrogens is 430 g/mol. The molecule has 1 amide bonds. The van der Waals surface area contributed by atoms with Gasteiger partial charge >= 0.3 is 0 Å². The molecule has 0 radical (unpaired) electrons. The summed E-state index contributed by atoms with van der Waals surface area (Å²) in [7, 11) is 5.91. The van der Waals surface area contributed by atoms with Gasteiger partial charge in [-0.3, -0.25) is 14.8 Å². The summed E-state index contributed by atoms with van der Waals surface area (Å²) >= 11 is 0. The molecule has 3 aromatic carbocycles. The summed E-state index contributed by atoms with van der Waals surface area (Å²) in [6.45, 7) is 0. The largest absolute Gasteiger partial charge is 0.493 e. The number of ether oxygens (including phenoxy) is 5. The number of methoxy groups -OCH3 is 4. The maximum atomic E-state index is 13.2. The Balaban J connectivity index is 1.95. The van der Waals surface area contributed by atoms with E-state index in [1.54, 1.807) is 47.9 Å². The standard InChI is InChI=1S/C24H23NO8/c1-29-18-10-7-15(11-19(18)33-17-8-5-14(6-9-17)24(27)25-28)22(26)16-12-20(30-2)23(32-4)21(13-16)31-3/h5-13,28H,1-4H3,(H,25,27). The van der Waals surface area contributed by atoms with E-state index in [9.17, 15) is 9.59 Å². The second-order valence-electron chi connectivity index (χ2n) is 6.68. The van der Waals surface area contributed by atoms with E-state index in [1.807, 2.05) is 0 Å². The van der Waals surface area contributed by atoms with Crippen molar-refractivity contribution in [3.05, 3.63) is 71.3 Å². The highest BCUT2D eigenvalue weighted by Gasteiger charge is 2.20. The van der Waals surface area contributed by atoms with E-state index in [1.165, 1.54) is 40.6 Å². The van der Waals surface area contributed by atoms with Gasteiger partial charge in [0.1, 0.15) is 5.75 Å². The Morgan fingerprint density at radius 2 is 1.21 bits per heavy atom. The zero-order valence-electron chi connectivity index (χ0n) is 18.5. The van der Waals surface area contributed by atoms with Crippen molar-refractivity contribution in [2.75, 3.05) is 28.4 Å². The molecule has 0 saturated heterocycles. The van der Waals surface area contributed by atoms with Crippen molar-refractivity contribution in [1.82, 2.24) is 5.48 Å². The minimum Gasteiger partial charge on any atom is -0.493 e. The molecule has 33 heavy (non-hydrogen) atoms. The Kier molecular flexibility index (Phi) is 7.37. The average Bonchev–Trinajstić information content (AvgIpc) is 2.87. The molecule has 0 spiro atoms. The summed E-state index contributed by atoms with van der Waals surface area (Å²) in [5.41, 5.74) is 2.49. The van der Waals surface area contributed by atoms with Crippen LogP contribution >= 0.6 is 0 Å². The van der Waals surface area contributed by atoms with Gasteiger partial charge in [0, 0.05) is 16.7 Å². The minimum absolute atomic E-state index is 0.253. The molecule has 0 atom stereocenters. The SMILES string of the molecule is COc1ccc(C(=O)c2cc(OC)c(OC)c(OC)c2)cc1Oc1ccc(C(=O)NO)cc1. The number of hydroxylamine groups is 1. The van der Waals surface area contributed by atoms with Crippen LogP contribution < -0.4 is 29.2 Å². The van der Waals surface area contributed by atoms with Crippen molar-refractivity contribution < 1.29 is 38.5 Å². The number of amides is 1. The van der Waals surface area contributed by atoms with Gasteiger partial charge in [-0.15, -0.1) is 0 Å². The van der Waals surface area contributed by atoms with E-state index in [0.717, 1.165) is 0 Å². The van der Waals surface area contributed by atoms with Gasteiger partial charge in [-0.25, -0.2) is 5.48 Å². The highest BCUT2D eigenvalue weighted by molar-refractivity contribution is 6.10. The quantitative estimate of drug-likeness (QED) is 0.285. The van der Waals surface area contributed by atoms with E-state index < -0.39 is 5.91 Å². The van der Waals surface area contributed by atoms with Crippen molar-refractivity contribution in [3.8, 4) is 34.5 Å². The van der Waals surface area contributed by atoms with E-state index in [0.29, 0.717) is 45.6 Å². The Morgan fingerprint density at radius 1 is 0.667 bits per heavy atom. The number of hydrogen-bond donors (Lipinski definition) is 2. The molecule has 0 aliphatic carbocycles. The summed E-state index contributed by atoms with van der Waals surface area (Å²) < 4.78 is 27.2. The average molecular weight is 453 g/mol. The van der Waals surface area contributed by atoms with Gasteiger partial charge in [0.25, 0.3) is 5.91 Å². The third-order valence-electron chi connectivity index (χ3n) is 4.80. The summed E-state index contributed by atoms with van der Waals surface area (Å²) in [4.78, 5) is 24.7. The molecule has 0 fully saturated rings. The Hall–Kier alpha value is -4.24. The van der Waals surface area contributed by atoms with E-state index in [2.05, 4.69) is 0 Å². The lowest BCUT2D eigenvalue weighted by Crippen LogP contribution is -2.18. The smallest absolute Gasteiger partial charge is 0.274 e. The van der Waals surface area contributed by atoms with Crippen molar-refractivity contribution in [1.29, 1.82) is 0 Å². The number of ketones is 1. The second kappa shape index (κ2) is 10.4. The van der Waals surface area contributed by atoms with Gasteiger partial charge in [-0.05, 0) is 54.6 Å². The van der Waals surface area contributed by atoms with Crippen molar-refractivity contribution >= 4 is 11.7 Å². The monoisotopic (exact) mass is 453 g/mol. The lowest BCUT2D eigenvalue weighted by molar-refractivity contribution is 0.0706. The van der Waals surface area contributed by atoms with Crippen LogP contribution in [0.15, 0.2) is 54.6 Å². The zero-order chi connectivity index (χ0) is 24.0. The van der Waals surface area contributed by atoms with Crippen LogP contribution in [0.2, 0.25) is 0 Å². The van der Waals surface area contributed by atoms with Gasteiger partial charge < -0.3 is 23.7 Å².